The molecule has 5 heteroatoms. The van der Waals surface area contributed by atoms with E-state index in [0.29, 0.717) is 17.0 Å². The number of carbonyl (C=O) groups is 1. The Morgan fingerprint density at radius 3 is 3.00 bits per heavy atom. The molecule has 2 aromatic rings. The maximum Gasteiger partial charge on any atom is 0.253 e. The van der Waals surface area contributed by atoms with Gasteiger partial charge in [-0.1, -0.05) is 0 Å². The highest BCUT2D eigenvalue weighted by Gasteiger charge is 2.60. The molecule has 4 rings (SSSR count). The first-order chi connectivity index (χ1) is 9.16. The van der Waals surface area contributed by atoms with Gasteiger partial charge in [-0.05, 0) is 36.8 Å². The van der Waals surface area contributed by atoms with Crippen molar-refractivity contribution in [1.29, 1.82) is 0 Å². The maximum atomic E-state index is 12.1. The number of nitrogens with zero attached hydrogens (tertiary/aromatic N) is 1. The Hall–Kier alpha value is -1.88. The van der Waals surface area contributed by atoms with E-state index in [1.54, 1.807) is 6.20 Å². The van der Waals surface area contributed by atoms with E-state index >= 15 is 0 Å². The summed E-state index contributed by atoms with van der Waals surface area (Å²) in [5.41, 5.74) is 8.63. The van der Waals surface area contributed by atoms with Crippen molar-refractivity contribution in [2.45, 2.75) is 31.3 Å². The van der Waals surface area contributed by atoms with Crippen molar-refractivity contribution in [3.8, 4) is 0 Å². The molecule has 0 radical (unpaired) electrons. The molecule has 0 bridgehead atoms. The van der Waals surface area contributed by atoms with Gasteiger partial charge in [0.1, 0.15) is 0 Å². The molecule has 5 nitrogen and oxygen atoms in total. The van der Waals surface area contributed by atoms with Crippen LogP contribution in [0.4, 0.5) is 0 Å². The minimum absolute atomic E-state index is 0.0435. The lowest BCUT2D eigenvalue weighted by Gasteiger charge is -2.36. The van der Waals surface area contributed by atoms with Gasteiger partial charge in [0.25, 0.3) is 5.91 Å². The zero-order chi connectivity index (χ0) is 13.0. The quantitative estimate of drug-likeness (QED) is 0.754. The van der Waals surface area contributed by atoms with Crippen molar-refractivity contribution >= 4 is 16.9 Å². The lowest BCUT2D eigenvalue weighted by molar-refractivity contribution is 0.0873. The molecule has 19 heavy (non-hydrogen) atoms. The van der Waals surface area contributed by atoms with Crippen molar-refractivity contribution in [1.82, 2.24) is 15.3 Å². The number of pyridine rings is 1. The first-order valence-electron chi connectivity index (χ1n) is 6.66. The van der Waals surface area contributed by atoms with E-state index in [-0.39, 0.29) is 11.9 Å². The number of H-pyrrole nitrogens is 1. The van der Waals surface area contributed by atoms with Crippen LogP contribution >= 0.6 is 0 Å². The van der Waals surface area contributed by atoms with Gasteiger partial charge in [0.15, 0.2) is 0 Å². The largest absolute Gasteiger partial charge is 0.360 e. The average Bonchev–Trinajstić information content (AvgIpc) is 2.85. The molecule has 98 valence electrons. The molecule has 0 saturated heterocycles. The molecular weight excluding hydrogens is 240 g/mol. The van der Waals surface area contributed by atoms with Crippen molar-refractivity contribution in [3.05, 3.63) is 30.1 Å². The van der Waals surface area contributed by atoms with Gasteiger partial charge in [0.2, 0.25) is 0 Å². The molecule has 1 unspecified atom stereocenters. The topological polar surface area (TPSA) is 83.8 Å². The van der Waals surface area contributed by atoms with Crippen LogP contribution < -0.4 is 11.1 Å². The van der Waals surface area contributed by atoms with Crippen LogP contribution in [0.1, 0.15) is 29.6 Å². The Morgan fingerprint density at radius 1 is 1.47 bits per heavy atom. The van der Waals surface area contributed by atoms with Gasteiger partial charge in [-0.15, -0.1) is 0 Å². The molecule has 2 aliphatic rings. The average molecular weight is 256 g/mol. The summed E-state index contributed by atoms with van der Waals surface area (Å²) in [6.45, 7) is 0. The zero-order valence-corrected chi connectivity index (χ0v) is 10.5. The molecule has 2 aliphatic carbocycles. The molecule has 2 fully saturated rings. The highest BCUT2D eigenvalue weighted by atomic mass is 16.1. The van der Waals surface area contributed by atoms with E-state index in [4.69, 9.17) is 5.73 Å². The smallest absolute Gasteiger partial charge is 0.253 e. The summed E-state index contributed by atoms with van der Waals surface area (Å²) in [6.07, 6.45) is 6.62. The van der Waals surface area contributed by atoms with Crippen molar-refractivity contribution in [3.63, 3.8) is 0 Å². The Kier molecular flexibility index (Phi) is 2.07. The minimum Gasteiger partial charge on any atom is -0.360 e. The SMILES string of the molecule is NC1CC12CC(NC(=O)c1cnc3cc[nH]c3c1)C2. The molecular formula is C14H16N4O. The lowest BCUT2D eigenvalue weighted by atomic mass is 9.76. The highest BCUT2D eigenvalue weighted by molar-refractivity contribution is 5.96. The minimum atomic E-state index is -0.0435. The number of rotatable bonds is 2. The number of nitrogens with two attached hydrogens (primary N) is 1. The maximum absolute atomic E-state index is 12.1. The van der Waals surface area contributed by atoms with Crippen molar-refractivity contribution < 1.29 is 4.79 Å². The first-order valence-corrected chi connectivity index (χ1v) is 6.66. The van der Waals surface area contributed by atoms with E-state index in [9.17, 15) is 4.79 Å². The molecule has 1 atom stereocenters. The zero-order valence-electron chi connectivity index (χ0n) is 10.5. The third-order valence-electron chi connectivity index (χ3n) is 4.55. The third kappa shape index (κ3) is 1.65. The van der Waals surface area contributed by atoms with Crippen LogP contribution in [0, 0.1) is 5.41 Å². The van der Waals surface area contributed by atoms with E-state index in [0.717, 1.165) is 30.3 Å². The van der Waals surface area contributed by atoms with Gasteiger partial charge in [-0.2, -0.15) is 0 Å². The number of carbonyl (C=O) groups excluding carboxylic acids is 1. The second-order valence-electron chi connectivity index (χ2n) is 5.89. The van der Waals surface area contributed by atoms with Crippen LogP contribution in [0.5, 0.6) is 0 Å². The van der Waals surface area contributed by atoms with Crippen LogP contribution in [-0.2, 0) is 0 Å². The summed E-state index contributed by atoms with van der Waals surface area (Å²) < 4.78 is 0. The molecule has 2 saturated carbocycles. The van der Waals surface area contributed by atoms with Gasteiger partial charge in [0.05, 0.1) is 16.6 Å². The Bertz CT molecular complexity index is 656. The molecule has 0 aromatic carbocycles. The van der Waals surface area contributed by atoms with E-state index in [1.807, 2.05) is 18.3 Å². The second-order valence-corrected chi connectivity index (χ2v) is 5.89. The molecule has 4 N–H and O–H groups in total. The number of aromatic nitrogens is 2. The molecule has 0 aliphatic heterocycles. The van der Waals surface area contributed by atoms with Gasteiger partial charge in [-0.25, -0.2) is 0 Å². The van der Waals surface area contributed by atoms with Crippen LogP contribution in [0.2, 0.25) is 0 Å². The predicted molar refractivity (Wildman–Crippen MR) is 71.6 cm³/mol. The summed E-state index contributed by atoms with van der Waals surface area (Å²) in [5, 5.41) is 3.06. The fourth-order valence-electron chi connectivity index (χ4n) is 3.20. The summed E-state index contributed by atoms with van der Waals surface area (Å²) in [7, 11) is 0. The normalized spacial score (nSPS) is 32.3. The third-order valence-corrected chi connectivity index (χ3v) is 4.55. The highest BCUT2D eigenvalue weighted by Crippen LogP contribution is 2.59. The number of nitrogens with one attached hydrogen (secondary N) is 2. The molecule has 2 aromatic heterocycles. The van der Waals surface area contributed by atoms with Crippen molar-refractivity contribution in [2.24, 2.45) is 11.1 Å². The summed E-state index contributed by atoms with van der Waals surface area (Å²) >= 11 is 0. The number of aromatic amines is 1. The number of hydrogen-bond donors (Lipinski definition) is 3. The van der Waals surface area contributed by atoms with Crippen LogP contribution in [0.3, 0.4) is 0 Å². The monoisotopic (exact) mass is 256 g/mol. The first kappa shape index (κ1) is 11.0. The summed E-state index contributed by atoms with van der Waals surface area (Å²) in [6, 6.07) is 4.37. The number of amides is 1. The van der Waals surface area contributed by atoms with E-state index < -0.39 is 0 Å². The Labute approximate surface area is 110 Å². The van der Waals surface area contributed by atoms with E-state index in [2.05, 4.69) is 15.3 Å². The Balaban J connectivity index is 1.45. The molecule has 1 amide bonds. The van der Waals surface area contributed by atoms with Gasteiger partial charge < -0.3 is 16.0 Å². The fourth-order valence-corrected chi connectivity index (χ4v) is 3.20. The number of hydrogen-bond acceptors (Lipinski definition) is 3. The lowest BCUT2D eigenvalue weighted by Crippen LogP contribution is -2.47. The molecule has 2 heterocycles. The second kappa shape index (κ2) is 3.57. The van der Waals surface area contributed by atoms with Gasteiger partial charge in [0, 0.05) is 24.5 Å². The fraction of sp³-hybridized carbons (Fsp3) is 0.429. The molecule has 1 spiro atoms. The standard InChI is InChI=1S/C14H16N4O/c15-12-6-14(12)4-9(5-14)18-13(19)8-3-11-10(17-7-8)1-2-16-11/h1-3,7,9,12,16H,4-6,15H2,(H,18,19). The summed E-state index contributed by atoms with van der Waals surface area (Å²) in [4.78, 5) is 19.5. The summed E-state index contributed by atoms with van der Waals surface area (Å²) in [5.74, 6) is -0.0435. The van der Waals surface area contributed by atoms with Crippen LogP contribution in [0.25, 0.3) is 11.0 Å². The van der Waals surface area contributed by atoms with Crippen LogP contribution in [-0.4, -0.2) is 28.0 Å². The number of fused-ring (bicyclic) bond motifs is 1. The van der Waals surface area contributed by atoms with Gasteiger partial charge in [-0.3, -0.25) is 9.78 Å². The van der Waals surface area contributed by atoms with Gasteiger partial charge >= 0.3 is 0 Å². The van der Waals surface area contributed by atoms with E-state index in [1.165, 1.54) is 0 Å². The Morgan fingerprint density at radius 2 is 2.26 bits per heavy atom. The predicted octanol–water partition coefficient (Wildman–Crippen LogP) is 1.17. The van der Waals surface area contributed by atoms with Crippen molar-refractivity contribution in [2.75, 3.05) is 0 Å². The van der Waals surface area contributed by atoms with Crippen LogP contribution in [0.15, 0.2) is 24.5 Å².